The van der Waals surface area contributed by atoms with Crippen molar-refractivity contribution in [2.75, 3.05) is 0 Å². The lowest BCUT2D eigenvalue weighted by Gasteiger charge is -1.99. The van der Waals surface area contributed by atoms with E-state index < -0.39 is 0 Å². The van der Waals surface area contributed by atoms with Gasteiger partial charge >= 0.3 is 0 Å². The summed E-state index contributed by atoms with van der Waals surface area (Å²) in [6, 6.07) is 3.41. The minimum atomic E-state index is 0.578. The van der Waals surface area contributed by atoms with Crippen LogP contribution in [-0.4, -0.2) is 4.98 Å². The Morgan fingerprint density at radius 2 is 2.25 bits per heavy atom. The number of halogens is 1. The van der Waals surface area contributed by atoms with Gasteiger partial charge in [0.15, 0.2) is 0 Å². The number of pyridine rings is 1. The summed E-state index contributed by atoms with van der Waals surface area (Å²) in [5, 5.41) is 1.20. The minimum absolute atomic E-state index is 0.578. The summed E-state index contributed by atoms with van der Waals surface area (Å²) in [6.07, 6.45) is 1.53. The van der Waals surface area contributed by atoms with Gasteiger partial charge in [-0.2, -0.15) is 0 Å². The number of rotatable bonds is 0. The highest BCUT2D eigenvalue weighted by atomic mass is 35.5. The van der Waals surface area contributed by atoms with E-state index in [-0.39, 0.29) is 0 Å². The molecule has 0 aliphatic carbocycles. The standard InChI is InChI=1S/C5H4ClNS/c6-4-1-2-5(8)7-3-4/h1-3H,(H,7,8)/p-1. The maximum absolute atomic E-state index is 5.50. The first-order valence-electron chi connectivity index (χ1n) is 2.07. The Bertz CT molecular complexity index is 151. The molecule has 8 heavy (non-hydrogen) atoms. The molecule has 0 unspecified atom stereocenters. The molecular weight excluding hydrogens is 142 g/mol. The SMILES string of the molecule is [S-]c1ccc(Cl)cn1. The molecule has 0 saturated carbocycles. The molecule has 1 aromatic rings. The molecule has 1 rings (SSSR count). The second-order valence-corrected chi connectivity index (χ2v) is 2.17. The van der Waals surface area contributed by atoms with Crippen LogP contribution in [0.25, 0.3) is 0 Å². The van der Waals surface area contributed by atoms with Crippen LogP contribution in [0.5, 0.6) is 0 Å². The van der Waals surface area contributed by atoms with E-state index >= 15 is 0 Å². The highest BCUT2D eigenvalue weighted by Gasteiger charge is 1.78. The van der Waals surface area contributed by atoms with Crippen LogP contribution in [0.4, 0.5) is 0 Å². The molecule has 0 N–H and O–H groups in total. The molecule has 0 spiro atoms. The molecule has 0 saturated heterocycles. The lowest BCUT2D eigenvalue weighted by molar-refractivity contribution is 1.14. The summed E-state index contributed by atoms with van der Waals surface area (Å²) in [7, 11) is 0. The van der Waals surface area contributed by atoms with Gasteiger partial charge in [0, 0.05) is 6.20 Å². The molecule has 0 bridgehead atoms. The first kappa shape index (κ1) is 5.79. The van der Waals surface area contributed by atoms with Crippen molar-refractivity contribution in [1.82, 2.24) is 4.98 Å². The number of nitrogens with zero attached hydrogens (tertiary/aromatic N) is 1. The molecule has 3 heteroatoms. The van der Waals surface area contributed by atoms with Gasteiger partial charge in [0.1, 0.15) is 0 Å². The quantitative estimate of drug-likeness (QED) is 0.514. The van der Waals surface area contributed by atoms with Crippen molar-refractivity contribution in [1.29, 1.82) is 0 Å². The molecule has 0 aliphatic heterocycles. The monoisotopic (exact) mass is 144 g/mol. The lowest BCUT2D eigenvalue weighted by atomic mass is 10.5. The Hall–Kier alpha value is -0.340. The van der Waals surface area contributed by atoms with Crippen LogP contribution in [0.2, 0.25) is 5.02 Å². The first-order valence-corrected chi connectivity index (χ1v) is 2.86. The van der Waals surface area contributed by atoms with Crippen molar-refractivity contribution >= 4 is 24.2 Å². The molecule has 0 aromatic carbocycles. The van der Waals surface area contributed by atoms with Crippen molar-refractivity contribution in [2.24, 2.45) is 0 Å². The van der Waals surface area contributed by atoms with E-state index in [9.17, 15) is 0 Å². The van der Waals surface area contributed by atoms with Gasteiger partial charge in [-0.15, -0.1) is 0 Å². The smallest absolute Gasteiger partial charge is 0.0588 e. The summed E-state index contributed by atoms with van der Waals surface area (Å²) >= 11 is 10.2. The Balaban J connectivity index is 3.03. The van der Waals surface area contributed by atoms with Gasteiger partial charge in [0.25, 0.3) is 0 Å². The highest BCUT2D eigenvalue weighted by Crippen LogP contribution is 2.04. The molecule has 0 aliphatic rings. The van der Waals surface area contributed by atoms with Gasteiger partial charge in [-0.05, 0) is 6.07 Å². The molecule has 42 valence electrons. The van der Waals surface area contributed by atoms with Gasteiger partial charge in [-0.3, -0.25) is 4.98 Å². The number of aromatic nitrogens is 1. The maximum Gasteiger partial charge on any atom is 0.0588 e. The number of hydrogen-bond acceptors (Lipinski definition) is 2. The summed E-state index contributed by atoms with van der Waals surface area (Å²) in [6.45, 7) is 0. The minimum Gasteiger partial charge on any atom is -0.760 e. The molecule has 0 fully saturated rings. The molecule has 0 atom stereocenters. The summed E-state index contributed by atoms with van der Waals surface area (Å²) in [4.78, 5) is 3.76. The summed E-state index contributed by atoms with van der Waals surface area (Å²) < 4.78 is 0. The van der Waals surface area contributed by atoms with Crippen molar-refractivity contribution in [3.05, 3.63) is 23.4 Å². The van der Waals surface area contributed by atoms with E-state index in [1.54, 1.807) is 12.1 Å². The third kappa shape index (κ3) is 1.32. The van der Waals surface area contributed by atoms with E-state index in [0.29, 0.717) is 10.0 Å². The fraction of sp³-hybridized carbons (Fsp3) is 0. The predicted molar refractivity (Wildman–Crippen MR) is 34.9 cm³/mol. The van der Waals surface area contributed by atoms with Gasteiger partial charge in [0.05, 0.1) is 5.02 Å². The Morgan fingerprint density at radius 1 is 1.50 bits per heavy atom. The maximum atomic E-state index is 5.50. The topological polar surface area (TPSA) is 12.9 Å². The van der Waals surface area contributed by atoms with Gasteiger partial charge in [-0.25, -0.2) is 0 Å². The van der Waals surface area contributed by atoms with Crippen molar-refractivity contribution < 1.29 is 0 Å². The van der Waals surface area contributed by atoms with Crippen LogP contribution in [0.1, 0.15) is 0 Å². The fourth-order valence-electron chi connectivity index (χ4n) is 0.362. The Morgan fingerprint density at radius 3 is 2.62 bits per heavy atom. The normalized spacial score (nSPS) is 9.12. The van der Waals surface area contributed by atoms with Gasteiger partial charge in [-0.1, -0.05) is 22.7 Å². The van der Waals surface area contributed by atoms with Gasteiger partial charge < -0.3 is 12.6 Å². The number of hydrogen-bond donors (Lipinski definition) is 0. The Kier molecular flexibility index (Phi) is 1.65. The highest BCUT2D eigenvalue weighted by molar-refractivity contribution is 7.58. The van der Waals surface area contributed by atoms with E-state index in [1.165, 1.54) is 6.20 Å². The third-order valence-corrected chi connectivity index (χ3v) is 1.17. The molecule has 0 amide bonds. The van der Waals surface area contributed by atoms with Crippen LogP contribution >= 0.6 is 11.6 Å². The zero-order valence-electron chi connectivity index (χ0n) is 3.97. The zero-order valence-corrected chi connectivity index (χ0v) is 5.54. The van der Waals surface area contributed by atoms with E-state index in [0.717, 1.165) is 0 Å². The van der Waals surface area contributed by atoms with E-state index in [4.69, 9.17) is 24.2 Å². The van der Waals surface area contributed by atoms with Crippen LogP contribution in [0.15, 0.2) is 23.4 Å². The lowest BCUT2D eigenvalue weighted by Crippen LogP contribution is -1.74. The van der Waals surface area contributed by atoms with Crippen molar-refractivity contribution in [2.45, 2.75) is 5.03 Å². The summed E-state index contributed by atoms with van der Waals surface area (Å²) in [5.41, 5.74) is 0. The van der Waals surface area contributed by atoms with Crippen molar-refractivity contribution in [3.63, 3.8) is 0 Å². The van der Waals surface area contributed by atoms with Gasteiger partial charge in [0.2, 0.25) is 0 Å². The van der Waals surface area contributed by atoms with Crippen LogP contribution in [0.3, 0.4) is 0 Å². The molecule has 1 nitrogen and oxygen atoms in total. The summed E-state index contributed by atoms with van der Waals surface area (Å²) in [5.74, 6) is 0. The largest absolute Gasteiger partial charge is 0.760 e. The average molecular weight is 145 g/mol. The average Bonchev–Trinajstić information content (AvgIpc) is 1.77. The van der Waals surface area contributed by atoms with E-state index in [1.807, 2.05) is 0 Å². The Labute approximate surface area is 58.1 Å². The van der Waals surface area contributed by atoms with Crippen LogP contribution < -0.4 is 0 Å². The second kappa shape index (κ2) is 2.29. The fourth-order valence-corrected chi connectivity index (χ4v) is 0.595. The molecule has 1 heterocycles. The molecular formula is C5H3ClNS-. The van der Waals surface area contributed by atoms with Crippen molar-refractivity contribution in [3.8, 4) is 0 Å². The molecule has 0 radical (unpaired) electrons. The predicted octanol–water partition coefficient (Wildman–Crippen LogP) is 1.64. The first-order chi connectivity index (χ1) is 3.79. The van der Waals surface area contributed by atoms with E-state index in [2.05, 4.69) is 4.98 Å². The third-order valence-electron chi connectivity index (χ3n) is 0.700. The zero-order chi connectivity index (χ0) is 5.98. The second-order valence-electron chi connectivity index (χ2n) is 1.31. The van der Waals surface area contributed by atoms with Crippen LogP contribution in [0, 0.1) is 0 Å². The van der Waals surface area contributed by atoms with Crippen LogP contribution in [-0.2, 0) is 12.6 Å². The molecule has 1 aromatic heterocycles.